The molecule has 0 aliphatic carbocycles. The van der Waals surface area contributed by atoms with Crippen LogP contribution in [-0.2, 0) is 4.79 Å². The van der Waals surface area contributed by atoms with Crippen molar-refractivity contribution in [3.8, 4) is 0 Å². The highest BCUT2D eigenvalue weighted by atomic mass is 16.4. The Morgan fingerprint density at radius 3 is 3.00 bits per heavy atom. The monoisotopic (exact) mass is 222 g/mol. The van der Waals surface area contributed by atoms with Crippen LogP contribution in [0.15, 0.2) is 23.1 Å². The normalized spacial score (nSPS) is 25.2. The van der Waals surface area contributed by atoms with E-state index in [1.54, 1.807) is 18.3 Å². The Labute approximate surface area is 92.5 Å². The number of H-pyrrole nitrogens is 1. The Morgan fingerprint density at radius 2 is 2.31 bits per heavy atom. The molecule has 0 spiro atoms. The van der Waals surface area contributed by atoms with E-state index in [9.17, 15) is 9.59 Å². The molecule has 1 aromatic rings. The second-order valence-electron chi connectivity index (χ2n) is 4.00. The molecule has 5 nitrogen and oxygen atoms in total. The molecule has 0 radical (unpaired) electrons. The minimum atomic E-state index is -0.847. The van der Waals surface area contributed by atoms with Gasteiger partial charge in [-0.05, 0) is 19.0 Å². The van der Waals surface area contributed by atoms with Crippen molar-refractivity contribution in [2.24, 2.45) is 5.92 Å². The van der Waals surface area contributed by atoms with E-state index in [1.807, 2.05) is 0 Å². The average molecular weight is 222 g/mol. The van der Waals surface area contributed by atoms with Crippen LogP contribution < -0.4 is 10.9 Å². The van der Waals surface area contributed by atoms with Crippen LogP contribution in [0, 0.1) is 5.92 Å². The quantitative estimate of drug-likeness (QED) is 0.665. The summed E-state index contributed by atoms with van der Waals surface area (Å²) < 4.78 is 0. The van der Waals surface area contributed by atoms with E-state index >= 15 is 0 Å². The van der Waals surface area contributed by atoms with Gasteiger partial charge in [0.25, 0.3) is 5.56 Å². The van der Waals surface area contributed by atoms with E-state index in [1.165, 1.54) is 0 Å². The summed E-state index contributed by atoms with van der Waals surface area (Å²) in [5.74, 6) is -1.55. The van der Waals surface area contributed by atoms with Crippen molar-refractivity contribution in [2.75, 3.05) is 13.1 Å². The summed E-state index contributed by atoms with van der Waals surface area (Å²) in [5, 5.41) is 12.2. The van der Waals surface area contributed by atoms with Gasteiger partial charge in [0.1, 0.15) is 0 Å². The van der Waals surface area contributed by atoms with Crippen LogP contribution in [-0.4, -0.2) is 29.1 Å². The second-order valence-corrected chi connectivity index (χ2v) is 4.00. The van der Waals surface area contributed by atoms with Crippen molar-refractivity contribution in [3.05, 3.63) is 34.2 Å². The minimum absolute atomic E-state index is 0.180. The lowest BCUT2D eigenvalue weighted by molar-refractivity contribution is -0.142. The third-order valence-corrected chi connectivity index (χ3v) is 3.05. The molecule has 0 amide bonds. The number of rotatable bonds is 2. The first-order valence-electron chi connectivity index (χ1n) is 5.31. The molecule has 2 heterocycles. The van der Waals surface area contributed by atoms with E-state index in [-0.39, 0.29) is 11.5 Å². The van der Waals surface area contributed by atoms with Crippen LogP contribution in [0.25, 0.3) is 0 Å². The van der Waals surface area contributed by atoms with Gasteiger partial charge in [0.05, 0.1) is 5.92 Å². The molecule has 2 unspecified atom stereocenters. The number of pyridine rings is 1. The van der Waals surface area contributed by atoms with Gasteiger partial charge in [0.2, 0.25) is 0 Å². The van der Waals surface area contributed by atoms with E-state index in [0.717, 1.165) is 6.54 Å². The summed E-state index contributed by atoms with van der Waals surface area (Å²) in [7, 11) is 0. The van der Waals surface area contributed by atoms with Gasteiger partial charge in [0.15, 0.2) is 0 Å². The molecule has 16 heavy (non-hydrogen) atoms. The van der Waals surface area contributed by atoms with Crippen LogP contribution in [0.4, 0.5) is 0 Å². The maximum absolute atomic E-state index is 11.6. The van der Waals surface area contributed by atoms with Crippen LogP contribution in [0.1, 0.15) is 17.9 Å². The molecular weight excluding hydrogens is 208 g/mol. The molecule has 0 saturated carbocycles. The fourth-order valence-electron chi connectivity index (χ4n) is 2.22. The predicted molar refractivity (Wildman–Crippen MR) is 58.4 cm³/mol. The third-order valence-electron chi connectivity index (χ3n) is 3.05. The summed E-state index contributed by atoms with van der Waals surface area (Å²) >= 11 is 0. The highest BCUT2D eigenvalue weighted by Crippen LogP contribution is 2.28. The summed E-state index contributed by atoms with van der Waals surface area (Å²) in [5.41, 5.74) is 0.400. The van der Waals surface area contributed by atoms with Crippen molar-refractivity contribution in [2.45, 2.75) is 12.3 Å². The van der Waals surface area contributed by atoms with Gasteiger partial charge in [0, 0.05) is 24.2 Å². The maximum atomic E-state index is 11.6. The lowest BCUT2D eigenvalue weighted by atomic mass is 9.82. The fourth-order valence-corrected chi connectivity index (χ4v) is 2.22. The lowest BCUT2D eigenvalue weighted by Crippen LogP contribution is -2.41. The number of carboxylic acids is 1. The highest BCUT2D eigenvalue weighted by molar-refractivity contribution is 5.71. The van der Waals surface area contributed by atoms with Gasteiger partial charge in [-0.3, -0.25) is 9.59 Å². The molecule has 2 atom stereocenters. The molecule has 1 saturated heterocycles. The molecule has 1 fully saturated rings. The molecule has 1 aliphatic rings. The standard InChI is InChI=1S/C11H14N2O3/c14-10-8(2-1-4-13-10)7-3-5-12-6-9(7)11(15)16/h1-2,4,7,9,12H,3,5-6H2,(H,13,14)(H,15,16). The first kappa shape index (κ1) is 10.9. The van der Waals surface area contributed by atoms with Crippen LogP contribution in [0.3, 0.4) is 0 Å². The number of aromatic nitrogens is 1. The lowest BCUT2D eigenvalue weighted by Gasteiger charge is -2.28. The zero-order valence-electron chi connectivity index (χ0n) is 8.77. The number of hydrogen-bond acceptors (Lipinski definition) is 3. The molecule has 1 aliphatic heterocycles. The highest BCUT2D eigenvalue weighted by Gasteiger charge is 2.33. The van der Waals surface area contributed by atoms with Crippen molar-refractivity contribution in [3.63, 3.8) is 0 Å². The number of carbonyl (C=O) groups is 1. The number of carboxylic acid groups (broad SMARTS) is 1. The molecule has 3 N–H and O–H groups in total. The SMILES string of the molecule is O=C(O)C1CNCCC1c1ccc[nH]c1=O. The van der Waals surface area contributed by atoms with Crippen LogP contribution in [0.2, 0.25) is 0 Å². The van der Waals surface area contributed by atoms with Crippen molar-refractivity contribution in [1.82, 2.24) is 10.3 Å². The van der Waals surface area contributed by atoms with Gasteiger partial charge in [-0.25, -0.2) is 0 Å². The maximum Gasteiger partial charge on any atom is 0.308 e. The summed E-state index contributed by atoms with van der Waals surface area (Å²) in [6.07, 6.45) is 2.24. The summed E-state index contributed by atoms with van der Waals surface area (Å²) in [6.45, 7) is 1.18. The topological polar surface area (TPSA) is 82.2 Å². The Kier molecular flexibility index (Phi) is 3.05. The second kappa shape index (κ2) is 4.49. The number of piperidine rings is 1. The van der Waals surface area contributed by atoms with E-state index in [4.69, 9.17) is 5.11 Å². The van der Waals surface area contributed by atoms with Crippen LogP contribution >= 0.6 is 0 Å². The Bertz CT molecular complexity index is 441. The van der Waals surface area contributed by atoms with E-state index in [0.29, 0.717) is 18.5 Å². The molecule has 0 bridgehead atoms. The number of aliphatic carboxylic acids is 1. The van der Waals surface area contributed by atoms with Gasteiger partial charge < -0.3 is 15.4 Å². The van der Waals surface area contributed by atoms with Crippen LogP contribution in [0.5, 0.6) is 0 Å². The first-order valence-corrected chi connectivity index (χ1v) is 5.31. The Morgan fingerprint density at radius 1 is 1.50 bits per heavy atom. The smallest absolute Gasteiger partial charge is 0.308 e. The van der Waals surface area contributed by atoms with Crippen molar-refractivity contribution >= 4 is 5.97 Å². The molecule has 86 valence electrons. The zero-order chi connectivity index (χ0) is 11.5. The van der Waals surface area contributed by atoms with E-state index in [2.05, 4.69) is 10.3 Å². The number of hydrogen-bond donors (Lipinski definition) is 3. The minimum Gasteiger partial charge on any atom is -0.481 e. The molecule has 5 heteroatoms. The van der Waals surface area contributed by atoms with Crippen molar-refractivity contribution in [1.29, 1.82) is 0 Å². The van der Waals surface area contributed by atoms with Crippen molar-refractivity contribution < 1.29 is 9.90 Å². The van der Waals surface area contributed by atoms with Gasteiger partial charge >= 0.3 is 5.97 Å². The average Bonchev–Trinajstić information content (AvgIpc) is 2.29. The predicted octanol–water partition coefficient (Wildman–Crippen LogP) is 0.153. The largest absolute Gasteiger partial charge is 0.481 e. The Balaban J connectivity index is 2.34. The number of aromatic amines is 1. The third kappa shape index (κ3) is 1.99. The van der Waals surface area contributed by atoms with Gasteiger partial charge in [-0.1, -0.05) is 6.07 Å². The van der Waals surface area contributed by atoms with Gasteiger partial charge in [-0.15, -0.1) is 0 Å². The van der Waals surface area contributed by atoms with E-state index < -0.39 is 11.9 Å². The molecule has 0 aromatic carbocycles. The number of nitrogens with one attached hydrogen (secondary N) is 2. The first-order chi connectivity index (χ1) is 7.70. The summed E-state index contributed by atoms with van der Waals surface area (Å²) in [6, 6.07) is 3.45. The summed E-state index contributed by atoms with van der Waals surface area (Å²) in [4.78, 5) is 25.3. The fraction of sp³-hybridized carbons (Fsp3) is 0.455. The molecule has 1 aromatic heterocycles. The Hall–Kier alpha value is -1.62. The molecular formula is C11H14N2O3. The zero-order valence-corrected chi connectivity index (χ0v) is 8.77. The molecule has 2 rings (SSSR count). The van der Waals surface area contributed by atoms with Gasteiger partial charge in [-0.2, -0.15) is 0 Å².